The van der Waals surface area contributed by atoms with Crippen molar-refractivity contribution >= 4 is 6.16 Å². The van der Waals surface area contributed by atoms with E-state index in [-0.39, 0.29) is 6.15 Å². The molecule has 7 heteroatoms. The van der Waals surface area contributed by atoms with Crippen molar-refractivity contribution in [1.29, 1.82) is 5.26 Å². The van der Waals surface area contributed by atoms with Crippen LogP contribution in [0.5, 0.6) is 0 Å². The van der Waals surface area contributed by atoms with Crippen molar-refractivity contribution in [3.63, 3.8) is 0 Å². The van der Waals surface area contributed by atoms with E-state index in [2.05, 4.69) is 0 Å². The molecule has 0 aromatic carbocycles. The average Bonchev–Trinajstić information content (AvgIpc) is 1.71. The molecule has 0 aromatic rings. The highest BCUT2D eigenvalue weighted by Crippen LogP contribution is 1.42. The van der Waals surface area contributed by atoms with Crippen LogP contribution < -0.4 is 12.0 Å². The first kappa shape index (κ1) is 23.4. The standard InChI is InChI=1S/C2H3N.CH2O3.H3NO.H3N/c1-2-3;2-1(3)4;1-2;/h1H3;(H2,2,3,4);1H3;1H3. The first-order chi connectivity index (χ1) is 4.15. The van der Waals surface area contributed by atoms with Gasteiger partial charge in [-0.15, -0.1) is 0 Å². The zero-order valence-electron chi connectivity index (χ0n) is 5.57. The number of carboxylic acid groups (broad SMARTS) is 2. The molecule has 0 saturated carbocycles. The highest BCUT2D eigenvalue weighted by Gasteiger charge is 1.70. The average molecular weight is 153 g/mol. The minimum Gasteiger partial charge on any atom is -0.637 e. The van der Waals surface area contributed by atoms with Gasteiger partial charge in [-0.2, -0.15) is 5.26 Å². The summed E-state index contributed by atoms with van der Waals surface area (Å²) in [6.45, 7) is 1.43. The van der Waals surface area contributed by atoms with Crippen LogP contribution in [0.25, 0.3) is 0 Å². The summed E-state index contributed by atoms with van der Waals surface area (Å²) in [6.07, 6.45) is -1.83. The summed E-state index contributed by atoms with van der Waals surface area (Å²) in [6, 6.07) is 1.75. The fraction of sp³-hybridized carbons (Fsp3) is 0.333. The second-order valence-corrected chi connectivity index (χ2v) is 0.506. The van der Waals surface area contributed by atoms with Gasteiger partial charge in [-0.05, 0) is 0 Å². The Hall–Kier alpha value is -1.36. The van der Waals surface area contributed by atoms with Gasteiger partial charge in [0.15, 0.2) is 0 Å². The maximum atomic E-state index is 8.56. The Bertz CT molecular complexity index is 84.2. The summed E-state index contributed by atoms with van der Waals surface area (Å²) < 4.78 is 0. The van der Waals surface area contributed by atoms with Crippen molar-refractivity contribution < 1.29 is 20.9 Å². The molecule has 0 aromatic heterocycles. The quantitative estimate of drug-likeness (QED) is 0.346. The minimum absolute atomic E-state index is 0. The molecule has 0 unspecified atom stereocenters. The van der Waals surface area contributed by atoms with Gasteiger partial charge in [0.2, 0.25) is 0 Å². The summed E-state index contributed by atoms with van der Waals surface area (Å²) in [5.41, 5.74) is 0. The number of hydrogen-bond acceptors (Lipinski definition) is 4. The highest BCUT2D eigenvalue weighted by molar-refractivity contribution is 5.53. The van der Waals surface area contributed by atoms with E-state index < -0.39 is 6.16 Å². The van der Waals surface area contributed by atoms with Crippen LogP contribution in [-0.4, -0.2) is 16.4 Å². The first-order valence-corrected chi connectivity index (χ1v) is 1.66. The molecule has 0 rings (SSSR count). The van der Waals surface area contributed by atoms with Gasteiger partial charge in [0, 0.05) is 6.92 Å². The number of quaternary nitrogens is 1. The molecular formula is C3H11N3O4. The minimum atomic E-state index is -1.83. The third kappa shape index (κ3) is 114. The molecule has 0 bridgehead atoms. The van der Waals surface area contributed by atoms with Gasteiger partial charge in [-0.25, -0.2) is 4.79 Å². The van der Waals surface area contributed by atoms with Crippen molar-refractivity contribution in [3.05, 3.63) is 5.21 Å². The van der Waals surface area contributed by atoms with E-state index >= 15 is 0 Å². The van der Waals surface area contributed by atoms with Crippen LogP contribution in [0.4, 0.5) is 4.79 Å². The predicted octanol–water partition coefficient (Wildman–Crippen LogP) is -0.360. The Kier molecular flexibility index (Phi) is 113. The Morgan fingerprint density at radius 3 is 1.60 bits per heavy atom. The van der Waals surface area contributed by atoms with Crippen LogP contribution >= 0.6 is 0 Å². The van der Waals surface area contributed by atoms with Crippen LogP contribution in [0.15, 0.2) is 0 Å². The molecule has 10 heavy (non-hydrogen) atoms. The van der Waals surface area contributed by atoms with E-state index in [1.54, 1.807) is 6.07 Å². The van der Waals surface area contributed by atoms with Crippen molar-refractivity contribution in [1.82, 2.24) is 6.15 Å². The maximum Gasteiger partial charge on any atom is 0.503 e. The maximum absolute atomic E-state index is 8.56. The molecule has 62 valence electrons. The SMILES string of the molecule is CC#N.N.O=C(O)O.[NH3+][O-]. The molecule has 8 N–H and O–H groups in total. The van der Waals surface area contributed by atoms with Crippen molar-refractivity contribution in [3.8, 4) is 6.07 Å². The molecule has 0 aliphatic rings. The van der Waals surface area contributed by atoms with Crippen molar-refractivity contribution in [2.45, 2.75) is 6.92 Å². The van der Waals surface area contributed by atoms with Gasteiger partial charge in [-0.1, -0.05) is 0 Å². The van der Waals surface area contributed by atoms with E-state index in [1.165, 1.54) is 6.92 Å². The van der Waals surface area contributed by atoms with Gasteiger partial charge in [0.05, 0.1) is 6.07 Å². The molecule has 0 aliphatic heterocycles. The van der Waals surface area contributed by atoms with E-state index in [1.807, 2.05) is 5.90 Å². The zero-order valence-corrected chi connectivity index (χ0v) is 5.57. The summed E-state index contributed by atoms with van der Waals surface area (Å²) in [4.78, 5) is 8.56. The number of rotatable bonds is 0. The predicted molar refractivity (Wildman–Crippen MR) is 33.2 cm³/mol. The number of nitrogens with zero attached hydrogens (tertiary/aromatic N) is 1. The number of nitriles is 1. The van der Waals surface area contributed by atoms with Gasteiger partial charge < -0.3 is 27.5 Å². The number of hydrogen-bond donors (Lipinski definition) is 4. The van der Waals surface area contributed by atoms with Crippen LogP contribution in [-0.2, 0) is 0 Å². The van der Waals surface area contributed by atoms with E-state index in [0.717, 1.165) is 0 Å². The van der Waals surface area contributed by atoms with E-state index in [4.69, 9.17) is 25.5 Å². The third-order valence-corrected chi connectivity index (χ3v) is 0. The second-order valence-electron chi connectivity index (χ2n) is 0.506. The summed E-state index contributed by atoms with van der Waals surface area (Å²) in [5, 5.41) is 29.3. The van der Waals surface area contributed by atoms with Crippen LogP contribution in [0.2, 0.25) is 0 Å². The van der Waals surface area contributed by atoms with Crippen LogP contribution in [0, 0.1) is 16.5 Å². The summed E-state index contributed by atoms with van der Waals surface area (Å²) >= 11 is 0. The third-order valence-electron chi connectivity index (χ3n) is 0. The molecule has 0 spiro atoms. The summed E-state index contributed by atoms with van der Waals surface area (Å²) in [7, 11) is 0. The fourth-order valence-electron chi connectivity index (χ4n) is 0. The van der Waals surface area contributed by atoms with Crippen LogP contribution in [0.1, 0.15) is 6.92 Å². The van der Waals surface area contributed by atoms with Gasteiger partial charge >= 0.3 is 6.16 Å². The molecule has 0 amide bonds. The molecule has 0 heterocycles. The summed E-state index contributed by atoms with van der Waals surface area (Å²) in [5.74, 6) is 2.00. The topological polar surface area (TPSA) is 167 Å². The fourth-order valence-corrected chi connectivity index (χ4v) is 0. The molecule has 0 saturated heterocycles. The van der Waals surface area contributed by atoms with Gasteiger partial charge in [0.1, 0.15) is 0 Å². The van der Waals surface area contributed by atoms with Crippen molar-refractivity contribution in [2.24, 2.45) is 0 Å². The Morgan fingerprint density at radius 1 is 1.60 bits per heavy atom. The molecule has 0 aliphatic carbocycles. The Balaban J connectivity index is -0.0000000273. The largest absolute Gasteiger partial charge is 0.637 e. The lowest BCUT2D eigenvalue weighted by Gasteiger charge is -1.60. The van der Waals surface area contributed by atoms with E-state index in [9.17, 15) is 0 Å². The smallest absolute Gasteiger partial charge is 0.503 e. The molecule has 0 radical (unpaired) electrons. The Morgan fingerprint density at radius 2 is 1.60 bits per heavy atom. The zero-order chi connectivity index (χ0) is 8.28. The van der Waals surface area contributed by atoms with Gasteiger partial charge in [-0.3, -0.25) is 0 Å². The highest BCUT2D eigenvalue weighted by atomic mass is 16.6. The van der Waals surface area contributed by atoms with Gasteiger partial charge in [0.25, 0.3) is 0 Å². The molecule has 0 fully saturated rings. The molecule has 7 nitrogen and oxygen atoms in total. The Labute approximate surface area is 57.8 Å². The lowest BCUT2D eigenvalue weighted by molar-refractivity contribution is -0.275. The van der Waals surface area contributed by atoms with Crippen LogP contribution in [0.3, 0.4) is 0 Å². The molecule has 0 atom stereocenters. The first-order valence-electron chi connectivity index (χ1n) is 1.66. The lowest BCUT2D eigenvalue weighted by atomic mass is 11.0. The van der Waals surface area contributed by atoms with E-state index in [0.29, 0.717) is 0 Å². The number of carbonyl (C=O) groups is 1. The van der Waals surface area contributed by atoms with Crippen molar-refractivity contribution in [2.75, 3.05) is 0 Å². The molecular weight excluding hydrogens is 142 g/mol. The normalized spacial score (nSPS) is 3.80. The lowest BCUT2D eigenvalue weighted by Crippen LogP contribution is -2.37. The second kappa shape index (κ2) is 48.3. The monoisotopic (exact) mass is 153 g/mol.